The van der Waals surface area contributed by atoms with Crippen LogP contribution in [-0.4, -0.2) is 47.0 Å². The van der Waals surface area contributed by atoms with Gasteiger partial charge in [-0.1, -0.05) is 41.6 Å². The van der Waals surface area contributed by atoms with E-state index in [1.807, 2.05) is 0 Å². The number of hydrogen-bond acceptors (Lipinski definition) is 5. The second-order valence-corrected chi connectivity index (χ2v) is 7.37. The molecule has 1 fully saturated rings. The van der Waals surface area contributed by atoms with Crippen molar-refractivity contribution in [3.63, 3.8) is 0 Å². The summed E-state index contributed by atoms with van der Waals surface area (Å²) in [6, 6.07) is 6.40. The Morgan fingerprint density at radius 1 is 1.36 bits per heavy atom. The summed E-state index contributed by atoms with van der Waals surface area (Å²) in [6.07, 6.45) is -0.273. The van der Waals surface area contributed by atoms with E-state index in [1.165, 1.54) is 16.7 Å². The molecule has 1 N–H and O–H groups in total. The number of carbonyl (C=O) groups excluding carboxylic acids is 3. The van der Waals surface area contributed by atoms with Crippen LogP contribution in [0.5, 0.6) is 0 Å². The Morgan fingerprint density at radius 3 is 2.68 bits per heavy atom. The molecule has 0 spiro atoms. The molecule has 136 valence electrons. The summed E-state index contributed by atoms with van der Waals surface area (Å²) < 4.78 is 5.17. The van der Waals surface area contributed by atoms with Crippen molar-refractivity contribution < 1.29 is 19.1 Å². The molecule has 0 radical (unpaired) electrons. The molecule has 1 aromatic rings. The van der Waals surface area contributed by atoms with Crippen molar-refractivity contribution in [1.29, 1.82) is 0 Å². The number of carbonyl (C=O) groups is 3. The molecular weight excluding hydrogens is 364 g/mol. The summed E-state index contributed by atoms with van der Waals surface area (Å²) in [4.78, 5) is 37.5. The summed E-state index contributed by atoms with van der Waals surface area (Å²) >= 11 is 7.41. The van der Waals surface area contributed by atoms with Gasteiger partial charge in [0.2, 0.25) is 5.91 Å². The average Bonchev–Trinajstić information content (AvgIpc) is 2.91. The Labute approximate surface area is 156 Å². The molecule has 1 saturated heterocycles. The van der Waals surface area contributed by atoms with Crippen molar-refractivity contribution in [1.82, 2.24) is 10.2 Å². The van der Waals surface area contributed by atoms with Crippen LogP contribution >= 0.6 is 23.4 Å². The lowest BCUT2D eigenvalue weighted by Gasteiger charge is -2.22. The standard InChI is InChI=1S/C17H21ClN2O4S/c1-11(2)24-16(22)9-14(12-5-3-4-6-13(12)18)19-15(21)10-20-7-8-25-17(20)23/h3-6,11,14H,7-10H2,1-2H3,(H,19,21)/t14-/m0/s1. The van der Waals surface area contributed by atoms with Crippen LogP contribution in [0.4, 0.5) is 4.79 Å². The molecule has 1 aliphatic rings. The molecule has 0 aliphatic carbocycles. The largest absolute Gasteiger partial charge is 0.463 e. The van der Waals surface area contributed by atoms with Gasteiger partial charge in [0, 0.05) is 17.3 Å². The number of nitrogens with zero attached hydrogens (tertiary/aromatic N) is 1. The van der Waals surface area contributed by atoms with Gasteiger partial charge in [-0.3, -0.25) is 14.4 Å². The maximum Gasteiger partial charge on any atom is 0.308 e. The van der Waals surface area contributed by atoms with Crippen LogP contribution in [0.1, 0.15) is 31.9 Å². The zero-order valence-corrected chi connectivity index (χ0v) is 15.7. The van der Waals surface area contributed by atoms with Crippen LogP contribution in [0.3, 0.4) is 0 Å². The fourth-order valence-corrected chi connectivity index (χ4v) is 3.55. The summed E-state index contributed by atoms with van der Waals surface area (Å²) in [6.45, 7) is 4.03. The van der Waals surface area contributed by atoms with Crippen molar-refractivity contribution in [2.45, 2.75) is 32.4 Å². The van der Waals surface area contributed by atoms with Gasteiger partial charge in [-0.05, 0) is 25.5 Å². The number of hydrogen-bond donors (Lipinski definition) is 1. The maximum atomic E-state index is 12.3. The average molecular weight is 385 g/mol. The lowest BCUT2D eigenvalue weighted by molar-refractivity contribution is -0.148. The highest BCUT2D eigenvalue weighted by Crippen LogP contribution is 2.26. The fraction of sp³-hybridized carbons (Fsp3) is 0.471. The minimum atomic E-state index is -0.613. The van der Waals surface area contributed by atoms with Gasteiger partial charge < -0.3 is 15.0 Å². The first-order chi connectivity index (χ1) is 11.9. The van der Waals surface area contributed by atoms with Crippen LogP contribution < -0.4 is 5.32 Å². The molecule has 1 heterocycles. The van der Waals surface area contributed by atoms with Gasteiger partial charge in [0.1, 0.15) is 6.54 Å². The number of nitrogens with one attached hydrogen (secondary N) is 1. The first-order valence-electron chi connectivity index (χ1n) is 8.01. The van der Waals surface area contributed by atoms with Crippen molar-refractivity contribution in [3.05, 3.63) is 34.9 Å². The number of esters is 1. The Kier molecular flexibility index (Phi) is 7.13. The van der Waals surface area contributed by atoms with Crippen LogP contribution in [-0.2, 0) is 14.3 Å². The van der Waals surface area contributed by atoms with Gasteiger partial charge in [0.05, 0.1) is 18.6 Å². The smallest absolute Gasteiger partial charge is 0.308 e. The molecule has 0 bridgehead atoms. The lowest BCUT2D eigenvalue weighted by Crippen LogP contribution is -2.39. The SMILES string of the molecule is CC(C)OC(=O)C[C@H](NC(=O)CN1CCSC1=O)c1ccccc1Cl. The predicted molar refractivity (Wildman–Crippen MR) is 97.6 cm³/mol. The van der Waals surface area contributed by atoms with Gasteiger partial charge in [0.15, 0.2) is 0 Å². The van der Waals surface area contributed by atoms with Gasteiger partial charge in [-0.25, -0.2) is 0 Å². The molecule has 0 saturated carbocycles. The van der Waals surface area contributed by atoms with Crippen LogP contribution in [0.25, 0.3) is 0 Å². The maximum absolute atomic E-state index is 12.3. The normalized spacial score (nSPS) is 15.4. The summed E-state index contributed by atoms with van der Waals surface area (Å²) in [5.41, 5.74) is 0.639. The molecular formula is C17H21ClN2O4S. The van der Waals surface area contributed by atoms with Gasteiger partial charge in [-0.15, -0.1) is 0 Å². The van der Waals surface area contributed by atoms with Crippen LogP contribution in [0, 0.1) is 0 Å². The molecule has 8 heteroatoms. The second kappa shape index (κ2) is 9.10. The highest BCUT2D eigenvalue weighted by Gasteiger charge is 2.26. The van der Waals surface area contributed by atoms with Crippen molar-refractivity contribution in [2.75, 3.05) is 18.8 Å². The van der Waals surface area contributed by atoms with Crippen molar-refractivity contribution in [3.8, 4) is 0 Å². The Morgan fingerprint density at radius 2 is 2.08 bits per heavy atom. The van der Waals surface area contributed by atoms with Gasteiger partial charge in [0.25, 0.3) is 5.24 Å². The van der Waals surface area contributed by atoms with E-state index in [4.69, 9.17) is 16.3 Å². The van der Waals surface area contributed by atoms with E-state index in [2.05, 4.69) is 5.32 Å². The third-order valence-corrected chi connectivity index (χ3v) is 4.77. The van der Waals surface area contributed by atoms with E-state index in [0.717, 1.165) is 0 Å². The monoisotopic (exact) mass is 384 g/mol. The zero-order valence-electron chi connectivity index (χ0n) is 14.2. The molecule has 1 atom stereocenters. The number of rotatable bonds is 7. The summed E-state index contributed by atoms with van der Waals surface area (Å²) in [5.74, 6) is -0.0769. The quantitative estimate of drug-likeness (QED) is 0.731. The molecule has 25 heavy (non-hydrogen) atoms. The number of amides is 2. The van der Waals surface area contributed by atoms with Gasteiger partial charge in [-0.2, -0.15) is 0 Å². The Balaban J connectivity index is 2.08. The van der Waals surface area contributed by atoms with Gasteiger partial charge >= 0.3 is 5.97 Å². The predicted octanol–water partition coefficient (Wildman–Crippen LogP) is 3.01. The summed E-state index contributed by atoms with van der Waals surface area (Å²) in [5, 5.41) is 3.15. The molecule has 1 aromatic carbocycles. The molecule has 2 rings (SSSR count). The number of thioether (sulfide) groups is 1. The van der Waals surface area contributed by atoms with E-state index < -0.39 is 12.0 Å². The van der Waals surface area contributed by atoms with Crippen molar-refractivity contribution >= 4 is 40.5 Å². The van der Waals surface area contributed by atoms with E-state index >= 15 is 0 Å². The molecule has 2 amide bonds. The lowest BCUT2D eigenvalue weighted by atomic mass is 10.0. The molecule has 6 nitrogen and oxygen atoms in total. The third-order valence-electron chi connectivity index (χ3n) is 3.53. The number of ether oxygens (including phenoxy) is 1. The minimum Gasteiger partial charge on any atom is -0.463 e. The highest BCUT2D eigenvalue weighted by molar-refractivity contribution is 8.13. The number of halogens is 1. The molecule has 1 aliphatic heterocycles. The second-order valence-electron chi connectivity index (χ2n) is 5.92. The van der Waals surface area contributed by atoms with E-state index in [-0.39, 0.29) is 30.2 Å². The van der Waals surface area contributed by atoms with Crippen LogP contribution in [0.15, 0.2) is 24.3 Å². The zero-order chi connectivity index (χ0) is 18.4. The Hall–Kier alpha value is -1.73. The first kappa shape index (κ1) is 19.6. The first-order valence-corrected chi connectivity index (χ1v) is 9.38. The van der Waals surface area contributed by atoms with E-state index in [9.17, 15) is 14.4 Å². The summed E-state index contributed by atoms with van der Waals surface area (Å²) in [7, 11) is 0. The molecule has 0 aromatic heterocycles. The fourth-order valence-electron chi connectivity index (χ4n) is 2.46. The van der Waals surface area contributed by atoms with Crippen molar-refractivity contribution in [2.24, 2.45) is 0 Å². The minimum absolute atomic E-state index is 0.0314. The highest BCUT2D eigenvalue weighted by atomic mass is 35.5. The number of benzene rings is 1. The topological polar surface area (TPSA) is 75.7 Å². The molecule has 0 unspecified atom stereocenters. The third kappa shape index (κ3) is 5.93. The Bertz CT molecular complexity index is 653. The van der Waals surface area contributed by atoms with E-state index in [1.54, 1.807) is 38.1 Å². The van der Waals surface area contributed by atoms with Crippen LogP contribution in [0.2, 0.25) is 5.02 Å². The van der Waals surface area contributed by atoms with E-state index in [0.29, 0.717) is 22.9 Å².